The van der Waals surface area contributed by atoms with Gasteiger partial charge >= 0.3 is 0 Å². The van der Waals surface area contributed by atoms with Crippen LogP contribution >= 0.6 is 0 Å². The molecule has 3 nitrogen and oxygen atoms in total. The smallest absolute Gasteiger partial charge is 0.174 e. The lowest BCUT2D eigenvalue weighted by Crippen LogP contribution is -2.47. The second-order valence-electron chi connectivity index (χ2n) is 8.13. The standard InChI is InChI=1S/C22H22O3/c1-20-15-9-7-6-8-13(15)18-21(2,22(18,20)3)17-14(19(20)23)10-12(24-4)11-16(17)25-5/h6-11,18H,1-5H3. The fourth-order valence-electron chi connectivity index (χ4n) is 6.33. The number of ether oxygens (including phenoxy) is 2. The highest BCUT2D eigenvalue weighted by Crippen LogP contribution is 2.88. The lowest BCUT2D eigenvalue weighted by Gasteiger charge is -2.43. The van der Waals surface area contributed by atoms with Crippen LogP contribution in [-0.4, -0.2) is 20.0 Å². The Bertz CT molecular complexity index is 962. The SMILES string of the molecule is COc1cc(OC)c2c(c1)C(=O)C1(C)c3ccccc3C3C2(C)C31C. The molecule has 128 valence electrons. The van der Waals surface area contributed by atoms with Crippen LogP contribution in [0.2, 0.25) is 0 Å². The molecule has 0 spiro atoms. The van der Waals surface area contributed by atoms with Crippen LogP contribution in [0.1, 0.15) is 53.7 Å². The van der Waals surface area contributed by atoms with Gasteiger partial charge in [-0.2, -0.15) is 0 Å². The molecular formula is C22H22O3. The fourth-order valence-corrected chi connectivity index (χ4v) is 6.33. The van der Waals surface area contributed by atoms with E-state index >= 15 is 0 Å². The van der Waals surface area contributed by atoms with E-state index in [1.54, 1.807) is 14.2 Å². The summed E-state index contributed by atoms with van der Waals surface area (Å²) in [5.74, 6) is 1.96. The zero-order chi connectivity index (χ0) is 17.8. The van der Waals surface area contributed by atoms with Gasteiger partial charge in [0, 0.05) is 33.9 Å². The number of hydrogen-bond acceptors (Lipinski definition) is 3. The van der Waals surface area contributed by atoms with Gasteiger partial charge < -0.3 is 9.47 Å². The van der Waals surface area contributed by atoms with Crippen LogP contribution in [0.25, 0.3) is 0 Å². The third-order valence-corrected chi connectivity index (χ3v) is 7.75. The van der Waals surface area contributed by atoms with Gasteiger partial charge in [0.2, 0.25) is 0 Å². The molecule has 5 rings (SSSR count). The Hall–Kier alpha value is -2.29. The lowest BCUT2D eigenvalue weighted by atomic mass is 9.58. The van der Waals surface area contributed by atoms with Crippen LogP contribution in [0.15, 0.2) is 36.4 Å². The van der Waals surface area contributed by atoms with Crippen LogP contribution in [0.5, 0.6) is 11.5 Å². The molecule has 1 fully saturated rings. The Labute approximate surface area is 148 Å². The summed E-state index contributed by atoms with van der Waals surface area (Å²) in [6.45, 7) is 6.71. The molecule has 4 atom stereocenters. The van der Waals surface area contributed by atoms with Crippen molar-refractivity contribution in [1.29, 1.82) is 0 Å². The van der Waals surface area contributed by atoms with Gasteiger partial charge in [-0.05, 0) is 24.1 Å². The molecular weight excluding hydrogens is 312 g/mol. The molecule has 1 saturated carbocycles. The van der Waals surface area contributed by atoms with Crippen molar-refractivity contribution in [2.75, 3.05) is 14.2 Å². The van der Waals surface area contributed by atoms with Gasteiger partial charge in [0.25, 0.3) is 0 Å². The number of rotatable bonds is 2. The third-order valence-electron chi connectivity index (χ3n) is 7.75. The van der Waals surface area contributed by atoms with E-state index in [-0.39, 0.29) is 16.6 Å². The van der Waals surface area contributed by atoms with Crippen molar-refractivity contribution < 1.29 is 14.3 Å². The summed E-state index contributed by atoms with van der Waals surface area (Å²) < 4.78 is 11.1. The Morgan fingerprint density at radius 2 is 1.72 bits per heavy atom. The maximum absolute atomic E-state index is 13.8. The second kappa shape index (κ2) is 4.09. The van der Waals surface area contributed by atoms with Crippen molar-refractivity contribution in [2.45, 2.75) is 37.5 Å². The summed E-state index contributed by atoms with van der Waals surface area (Å²) in [6.07, 6.45) is 0. The largest absolute Gasteiger partial charge is 0.497 e. The summed E-state index contributed by atoms with van der Waals surface area (Å²) in [6, 6.07) is 12.3. The van der Waals surface area contributed by atoms with Gasteiger partial charge in [0.1, 0.15) is 11.5 Å². The Balaban J connectivity index is 1.90. The summed E-state index contributed by atoms with van der Waals surface area (Å²) in [5, 5.41) is 0. The highest BCUT2D eigenvalue weighted by Gasteiger charge is 2.86. The minimum Gasteiger partial charge on any atom is -0.497 e. The van der Waals surface area contributed by atoms with E-state index in [0.717, 1.165) is 16.9 Å². The molecule has 3 aliphatic carbocycles. The number of Topliss-reactive ketones (excluding diaryl/α,β-unsaturated/α-hetero) is 1. The monoisotopic (exact) mass is 334 g/mol. The number of hydrogen-bond donors (Lipinski definition) is 0. The minimum atomic E-state index is -0.507. The molecule has 3 heteroatoms. The number of benzene rings is 2. The summed E-state index contributed by atoms with van der Waals surface area (Å²) >= 11 is 0. The average molecular weight is 334 g/mol. The molecule has 0 amide bonds. The Kier molecular flexibility index (Phi) is 2.45. The first kappa shape index (κ1) is 15.0. The van der Waals surface area contributed by atoms with Crippen molar-refractivity contribution in [3.8, 4) is 11.5 Å². The van der Waals surface area contributed by atoms with Gasteiger partial charge in [-0.3, -0.25) is 4.79 Å². The molecule has 0 bridgehead atoms. The summed E-state index contributed by atoms with van der Waals surface area (Å²) in [5.41, 5.74) is 3.61. The van der Waals surface area contributed by atoms with Crippen molar-refractivity contribution in [3.05, 3.63) is 58.7 Å². The molecule has 3 aliphatic rings. The molecule has 4 unspecified atom stereocenters. The molecule has 25 heavy (non-hydrogen) atoms. The quantitative estimate of drug-likeness (QED) is 0.824. The molecule has 0 aliphatic heterocycles. The van der Waals surface area contributed by atoms with E-state index in [0.29, 0.717) is 11.7 Å². The fraction of sp³-hybridized carbons (Fsp3) is 0.409. The molecule has 0 radical (unpaired) electrons. The highest BCUT2D eigenvalue weighted by molar-refractivity contribution is 6.11. The van der Waals surface area contributed by atoms with Gasteiger partial charge in [0.05, 0.1) is 19.6 Å². The zero-order valence-corrected chi connectivity index (χ0v) is 15.3. The first-order valence-electron chi connectivity index (χ1n) is 8.78. The van der Waals surface area contributed by atoms with Crippen molar-refractivity contribution >= 4 is 5.78 Å². The van der Waals surface area contributed by atoms with E-state index in [1.807, 2.05) is 18.2 Å². The maximum Gasteiger partial charge on any atom is 0.174 e. The first-order chi connectivity index (χ1) is 11.9. The Morgan fingerprint density at radius 3 is 2.40 bits per heavy atom. The third kappa shape index (κ3) is 1.23. The van der Waals surface area contributed by atoms with E-state index in [9.17, 15) is 4.79 Å². The number of methoxy groups -OCH3 is 2. The molecule has 0 heterocycles. The zero-order valence-electron chi connectivity index (χ0n) is 15.3. The normalized spacial score (nSPS) is 36.4. The highest BCUT2D eigenvalue weighted by atomic mass is 16.5. The Morgan fingerprint density at radius 1 is 1.00 bits per heavy atom. The van der Waals surface area contributed by atoms with E-state index in [1.165, 1.54) is 11.1 Å². The van der Waals surface area contributed by atoms with Crippen LogP contribution in [0.4, 0.5) is 0 Å². The number of carbonyl (C=O) groups excluding carboxylic acids is 1. The van der Waals surface area contributed by atoms with Crippen molar-refractivity contribution in [3.63, 3.8) is 0 Å². The summed E-state index contributed by atoms with van der Waals surface area (Å²) in [4.78, 5) is 13.8. The van der Waals surface area contributed by atoms with Gasteiger partial charge in [-0.25, -0.2) is 0 Å². The minimum absolute atomic E-state index is 0.100. The predicted octanol–water partition coefficient (Wildman–Crippen LogP) is 4.23. The second-order valence-corrected chi connectivity index (χ2v) is 8.13. The average Bonchev–Trinajstić information content (AvgIpc) is 3.06. The lowest BCUT2D eigenvalue weighted by molar-refractivity contribution is 0.0792. The van der Waals surface area contributed by atoms with Crippen molar-refractivity contribution in [1.82, 2.24) is 0 Å². The maximum atomic E-state index is 13.8. The topological polar surface area (TPSA) is 35.5 Å². The van der Waals surface area contributed by atoms with E-state index in [4.69, 9.17) is 9.47 Å². The van der Waals surface area contributed by atoms with Crippen LogP contribution in [-0.2, 0) is 10.8 Å². The summed E-state index contributed by atoms with van der Waals surface area (Å²) in [7, 11) is 3.30. The first-order valence-corrected chi connectivity index (χ1v) is 8.78. The van der Waals surface area contributed by atoms with Crippen molar-refractivity contribution in [2.24, 2.45) is 5.41 Å². The van der Waals surface area contributed by atoms with Crippen LogP contribution < -0.4 is 9.47 Å². The number of ketones is 1. The molecule has 0 saturated heterocycles. The van der Waals surface area contributed by atoms with Gasteiger partial charge in [0.15, 0.2) is 5.78 Å². The predicted molar refractivity (Wildman–Crippen MR) is 95.9 cm³/mol. The number of carbonyl (C=O) groups is 1. The molecule has 2 aromatic carbocycles. The van der Waals surface area contributed by atoms with Crippen LogP contribution in [0.3, 0.4) is 0 Å². The van der Waals surface area contributed by atoms with Gasteiger partial charge in [-0.15, -0.1) is 0 Å². The van der Waals surface area contributed by atoms with Crippen LogP contribution in [0, 0.1) is 5.41 Å². The van der Waals surface area contributed by atoms with E-state index in [2.05, 4.69) is 39.0 Å². The molecule has 0 aromatic heterocycles. The number of fused-ring (bicyclic) bond motifs is 6. The van der Waals surface area contributed by atoms with E-state index < -0.39 is 5.41 Å². The molecule has 2 aromatic rings. The van der Waals surface area contributed by atoms with Gasteiger partial charge in [-0.1, -0.05) is 38.1 Å². The molecule has 0 N–H and O–H groups in total.